The van der Waals surface area contributed by atoms with Crippen LogP contribution in [0.25, 0.3) is 21.2 Å². The molecule has 0 bridgehead atoms. The van der Waals surface area contributed by atoms with E-state index >= 15 is 0 Å². The molecule has 22 heavy (non-hydrogen) atoms. The summed E-state index contributed by atoms with van der Waals surface area (Å²) in [5.74, 6) is 1.14. The second-order valence-electron chi connectivity index (χ2n) is 5.64. The van der Waals surface area contributed by atoms with Gasteiger partial charge in [-0.25, -0.2) is 4.98 Å². The minimum Gasteiger partial charge on any atom is -0.461 e. The van der Waals surface area contributed by atoms with Crippen LogP contribution in [0.2, 0.25) is 0 Å². The molecule has 5 rings (SSSR count). The number of thiazole rings is 1. The lowest BCUT2D eigenvalue weighted by molar-refractivity contribution is 0.521. The van der Waals surface area contributed by atoms with E-state index in [4.69, 9.17) is 9.40 Å². The van der Waals surface area contributed by atoms with Gasteiger partial charge in [-0.05, 0) is 18.2 Å². The summed E-state index contributed by atoms with van der Waals surface area (Å²) in [7, 11) is 0. The molecule has 2 aromatic heterocycles. The zero-order chi connectivity index (χ0) is 14.5. The molecule has 0 amide bonds. The largest absolute Gasteiger partial charge is 0.461 e. The highest BCUT2D eigenvalue weighted by atomic mass is 32.1. The van der Waals surface area contributed by atoms with Gasteiger partial charge in [-0.15, -0.1) is 0 Å². The van der Waals surface area contributed by atoms with Crippen LogP contribution in [0.4, 0.5) is 5.13 Å². The van der Waals surface area contributed by atoms with Crippen LogP contribution in [-0.2, 0) is 13.0 Å². The van der Waals surface area contributed by atoms with Crippen molar-refractivity contribution >= 4 is 37.7 Å². The summed E-state index contributed by atoms with van der Waals surface area (Å²) in [6.07, 6.45) is 0.944. The van der Waals surface area contributed by atoms with Crippen molar-refractivity contribution in [1.29, 1.82) is 0 Å². The predicted molar refractivity (Wildman–Crippen MR) is 90.6 cm³/mol. The van der Waals surface area contributed by atoms with E-state index in [-0.39, 0.29) is 0 Å². The van der Waals surface area contributed by atoms with E-state index < -0.39 is 0 Å². The highest BCUT2D eigenvalue weighted by Gasteiger charge is 2.24. The number of hydrogen-bond acceptors (Lipinski definition) is 4. The summed E-state index contributed by atoms with van der Waals surface area (Å²) >= 11 is 1.77. The molecule has 0 saturated carbocycles. The van der Waals surface area contributed by atoms with Gasteiger partial charge in [-0.2, -0.15) is 0 Å². The fourth-order valence-electron chi connectivity index (χ4n) is 3.19. The fourth-order valence-corrected chi connectivity index (χ4v) is 4.18. The Morgan fingerprint density at radius 3 is 2.86 bits per heavy atom. The number of anilines is 1. The van der Waals surface area contributed by atoms with Gasteiger partial charge < -0.3 is 9.32 Å². The maximum atomic E-state index is 5.99. The minimum atomic E-state index is 0.881. The van der Waals surface area contributed by atoms with Crippen molar-refractivity contribution in [3.63, 3.8) is 0 Å². The first-order valence-electron chi connectivity index (χ1n) is 7.48. The number of aromatic nitrogens is 1. The lowest BCUT2D eigenvalue weighted by atomic mass is 10.1. The third kappa shape index (κ3) is 1.77. The van der Waals surface area contributed by atoms with Crippen molar-refractivity contribution < 1.29 is 4.42 Å². The van der Waals surface area contributed by atoms with Crippen LogP contribution in [0, 0.1) is 0 Å². The molecule has 2 aromatic carbocycles. The van der Waals surface area contributed by atoms with Gasteiger partial charge >= 0.3 is 0 Å². The van der Waals surface area contributed by atoms with Gasteiger partial charge in [0.2, 0.25) is 0 Å². The molecular formula is C18H14N2OS. The lowest BCUT2D eigenvalue weighted by Gasteiger charge is -2.25. The number of para-hydroxylation sites is 2. The van der Waals surface area contributed by atoms with Crippen LogP contribution in [-0.4, -0.2) is 11.5 Å². The standard InChI is InChI=1S/C18H14N2OS/c1-3-7-15-12(5-1)13-11-20(10-9-16(13)21-15)18-19-14-6-2-4-8-17(14)22-18/h1-8H,9-11H2. The molecule has 3 nitrogen and oxygen atoms in total. The van der Waals surface area contributed by atoms with E-state index in [9.17, 15) is 0 Å². The summed E-state index contributed by atoms with van der Waals surface area (Å²) in [6, 6.07) is 16.6. The number of benzene rings is 2. The Balaban J connectivity index is 1.58. The molecule has 1 aliphatic heterocycles. The van der Waals surface area contributed by atoms with Crippen LogP contribution in [0.5, 0.6) is 0 Å². The molecule has 0 saturated heterocycles. The molecular weight excluding hydrogens is 292 g/mol. The van der Waals surface area contributed by atoms with E-state index in [2.05, 4.69) is 41.3 Å². The highest BCUT2D eigenvalue weighted by molar-refractivity contribution is 7.22. The van der Waals surface area contributed by atoms with Gasteiger partial charge in [-0.3, -0.25) is 0 Å². The van der Waals surface area contributed by atoms with Gasteiger partial charge in [0.25, 0.3) is 0 Å². The van der Waals surface area contributed by atoms with E-state index in [1.807, 2.05) is 12.1 Å². The number of furan rings is 1. The molecule has 1 aliphatic rings. The predicted octanol–water partition coefficient (Wildman–Crippen LogP) is 4.61. The quantitative estimate of drug-likeness (QED) is 0.514. The molecule has 0 fully saturated rings. The first-order chi connectivity index (χ1) is 10.9. The summed E-state index contributed by atoms with van der Waals surface area (Å²) in [5.41, 5.74) is 3.41. The molecule has 0 atom stereocenters. The maximum absolute atomic E-state index is 5.99. The average molecular weight is 306 g/mol. The molecule has 108 valence electrons. The lowest BCUT2D eigenvalue weighted by Crippen LogP contribution is -2.29. The Labute approximate surface area is 131 Å². The van der Waals surface area contributed by atoms with E-state index in [0.717, 1.165) is 41.5 Å². The van der Waals surface area contributed by atoms with Gasteiger partial charge in [0.1, 0.15) is 11.3 Å². The Morgan fingerprint density at radius 2 is 1.91 bits per heavy atom. The van der Waals surface area contributed by atoms with Crippen LogP contribution < -0.4 is 4.90 Å². The summed E-state index contributed by atoms with van der Waals surface area (Å²) in [4.78, 5) is 7.16. The van der Waals surface area contributed by atoms with Crippen molar-refractivity contribution in [2.75, 3.05) is 11.4 Å². The van der Waals surface area contributed by atoms with Crippen LogP contribution in [0.3, 0.4) is 0 Å². The topological polar surface area (TPSA) is 29.3 Å². The number of fused-ring (bicyclic) bond motifs is 4. The summed E-state index contributed by atoms with van der Waals surface area (Å²) < 4.78 is 7.24. The van der Waals surface area contributed by atoms with Crippen molar-refractivity contribution in [3.8, 4) is 0 Å². The third-order valence-corrected chi connectivity index (χ3v) is 5.39. The Bertz CT molecular complexity index is 952. The summed E-state index contributed by atoms with van der Waals surface area (Å²) in [5, 5.41) is 2.35. The smallest absolute Gasteiger partial charge is 0.186 e. The van der Waals surface area contributed by atoms with Crippen molar-refractivity contribution in [2.24, 2.45) is 0 Å². The number of nitrogens with zero attached hydrogens (tertiary/aromatic N) is 2. The van der Waals surface area contributed by atoms with Crippen molar-refractivity contribution in [1.82, 2.24) is 4.98 Å². The first-order valence-corrected chi connectivity index (χ1v) is 8.30. The molecule has 0 spiro atoms. The van der Waals surface area contributed by atoms with Crippen LogP contribution in [0.15, 0.2) is 52.9 Å². The minimum absolute atomic E-state index is 0.881. The average Bonchev–Trinajstić information content (AvgIpc) is 3.15. The monoisotopic (exact) mass is 306 g/mol. The summed E-state index contributed by atoms with van der Waals surface area (Å²) in [6.45, 7) is 1.85. The van der Waals surface area contributed by atoms with Gasteiger partial charge in [-0.1, -0.05) is 41.7 Å². The first kappa shape index (κ1) is 12.2. The van der Waals surface area contributed by atoms with Crippen LogP contribution >= 0.6 is 11.3 Å². The van der Waals surface area contributed by atoms with E-state index in [0.29, 0.717) is 0 Å². The molecule has 0 radical (unpaired) electrons. The Kier molecular flexibility index (Phi) is 2.55. The Hall–Kier alpha value is -2.33. The second kappa shape index (κ2) is 4.58. The zero-order valence-electron chi connectivity index (χ0n) is 12.0. The molecule has 4 heteroatoms. The van der Waals surface area contributed by atoms with Crippen LogP contribution in [0.1, 0.15) is 11.3 Å². The molecule has 0 unspecified atom stereocenters. The Morgan fingerprint density at radius 1 is 1.05 bits per heavy atom. The highest BCUT2D eigenvalue weighted by Crippen LogP contribution is 2.35. The molecule has 0 aliphatic carbocycles. The maximum Gasteiger partial charge on any atom is 0.186 e. The molecule has 3 heterocycles. The second-order valence-corrected chi connectivity index (χ2v) is 6.64. The van der Waals surface area contributed by atoms with Gasteiger partial charge in [0.05, 0.1) is 10.2 Å². The zero-order valence-corrected chi connectivity index (χ0v) is 12.8. The molecule has 4 aromatic rings. The van der Waals surface area contributed by atoms with Crippen molar-refractivity contribution in [2.45, 2.75) is 13.0 Å². The normalized spacial score (nSPS) is 14.6. The number of rotatable bonds is 1. The van der Waals surface area contributed by atoms with Gasteiger partial charge in [0.15, 0.2) is 5.13 Å². The SMILES string of the molecule is c1ccc2sc(N3CCc4oc5ccccc5c4C3)nc2c1. The van der Waals surface area contributed by atoms with E-state index in [1.54, 1.807) is 11.3 Å². The van der Waals surface area contributed by atoms with E-state index in [1.165, 1.54) is 15.6 Å². The fraction of sp³-hybridized carbons (Fsp3) is 0.167. The molecule has 0 N–H and O–H groups in total. The van der Waals surface area contributed by atoms with Crippen molar-refractivity contribution in [3.05, 3.63) is 59.9 Å². The van der Waals surface area contributed by atoms with Gasteiger partial charge in [0, 0.05) is 30.5 Å². The number of hydrogen-bond donors (Lipinski definition) is 0. The third-order valence-electron chi connectivity index (χ3n) is 4.29.